The zero-order valence-corrected chi connectivity index (χ0v) is 11.3. The van der Waals surface area contributed by atoms with E-state index in [-0.39, 0.29) is 13.0 Å². The van der Waals surface area contributed by atoms with Crippen molar-refractivity contribution in [3.63, 3.8) is 0 Å². The Hall–Kier alpha value is -1.95. The number of carbonyl (C=O) groups excluding carboxylic acids is 1. The summed E-state index contributed by atoms with van der Waals surface area (Å²) in [5.41, 5.74) is 5.81. The van der Waals surface area contributed by atoms with E-state index in [1.165, 1.54) is 0 Å². The lowest BCUT2D eigenvalue weighted by molar-refractivity contribution is -0.0722. The van der Waals surface area contributed by atoms with Crippen molar-refractivity contribution in [1.82, 2.24) is 0 Å². The van der Waals surface area contributed by atoms with Crippen LogP contribution in [-0.2, 0) is 15.9 Å². The molecule has 1 aromatic carbocycles. The lowest BCUT2D eigenvalue weighted by Gasteiger charge is -2.29. The quantitative estimate of drug-likeness (QED) is 0.821. The van der Waals surface area contributed by atoms with E-state index in [0.29, 0.717) is 0 Å². The van der Waals surface area contributed by atoms with Gasteiger partial charge in [0.15, 0.2) is 0 Å². The normalized spacial score (nSPS) is 20.4. The van der Waals surface area contributed by atoms with Gasteiger partial charge in [0.2, 0.25) is 6.43 Å². The number of rotatable bonds is 6. The summed E-state index contributed by atoms with van der Waals surface area (Å²) in [4.78, 5) is 11.0. The zero-order valence-electron chi connectivity index (χ0n) is 11.3. The minimum atomic E-state index is -2.69. The van der Waals surface area contributed by atoms with Crippen LogP contribution in [-0.4, -0.2) is 31.3 Å². The summed E-state index contributed by atoms with van der Waals surface area (Å²) in [7, 11) is 0. The molecule has 1 aromatic rings. The molecular weight excluding hydrogens is 280 g/mol. The summed E-state index contributed by atoms with van der Waals surface area (Å²) in [5, 5.41) is 0. The van der Waals surface area contributed by atoms with Crippen molar-refractivity contribution in [2.75, 3.05) is 6.61 Å². The molecule has 1 unspecified atom stereocenters. The molecule has 6 heteroatoms. The fourth-order valence-electron chi connectivity index (χ4n) is 2.42. The van der Waals surface area contributed by atoms with E-state index in [0.717, 1.165) is 5.56 Å². The Balaban J connectivity index is 2.19. The van der Waals surface area contributed by atoms with Crippen molar-refractivity contribution in [1.29, 1.82) is 0 Å². The number of carbonyl (C=O) groups is 1. The monoisotopic (exact) mass is 297 g/mol. The molecule has 1 aliphatic heterocycles. The number of halogens is 2. The van der Waals surface area contributed by atoms with Crippen LogP contribution in [0.3, 0.4) is 0 Å². The number of nitrogens with two attached hydrogens (primary N) is 1. The highest BCUT2D eigenvalue weighted by molar-refractivity contribution is 5.64. The second-order valence-corrected chi connectivity index (χ2v) is 4.80. The molecule has 3 atom stereocenters. The molecule has 2 rings (SSSR count). The molecule has 0 bridgehead atoms. The molecular formula is C15H17F2NO3. The van der Waals surface area contributed by atoms with Gasteiger partial charge in [-0.15, -0.1) is 0 Å². The van der Waals surface area contributed by atoms with Crippen molar-refractivity contribution in [3.8, 4) is 0 Å². The van der Waals surface area contributed by atoms with E-state index in [4.69, 9.17) is 15.2 Å². The Morgan fingerprint density at radius 2 is 2.10 bits per heavy atom. The van der Waals surface area contributed by atoms with Gasteiger partial charge in [0.25, 0.3) is 0 Å². The second kappa shape index (κ2) is 7.17. The van der Waals surface area contributed by atoms with Gasteiger partial charge in [-0.3, -0.25) is 0 Å². The molecule has 1 heterocycles. The summed E-state index contributed by atoms with van der Waals surface area (Å²) < 4.78 is 37.0. The minimum Gasteiger partial charge on any atom is -0.445 e. The van der Waals surface area contributed by atoms with Crippen molar-refractivity contribution in [2.45, 2.75) is 25.1 Å². The van der Waals surface area contributed by atoms with Crippen LogP contribution in [0.4, 0.5) is 13.6 Å². The van der Waals surface area contributed by atoms with Crippen LogP contribution in [0.5, 0.6) is 0 Å². The molecule has 2 N–H and O–H groups in total. The summed E-state index contributed by atoms with van der Waals surface area (Å²) in [6, 6.07) is 8.97. The van der Waals surface area contributed by atoms with E-state index >= 15 is 0 Å². The summed E-state index contributed by atoms with van der Waals surface area (Å²) in [6.45, 7) is 0.280. The van der Waals surface area contributed by atoms with Gasteiger partial charge in [-0.05, 0) is 5.56 Å². The van der Waals surface area contributed by atoms with Crippen LogP contribution in [0, 0.1) is 5.92 Å². The Kier molecular flexibility index (Phi) is 5.27. The second-order valence-electron chi connectivity index (χ2n) is 4.80. The highest BCUT2D eigenvalue weighted by Gasteiger charge is 2.39. The predicted molar refractivity (Wildman–Crippen MR) is 73.0 cm³/mol. The highest BCUT2D eigenvalue weighted by atomic mass is 19.3. The molecule has 0 saturated heterocycles. The third-order valence-electron chi connectivity index (χ3n) is 3.36. The SMILES string of the molecule is NC(=O)OC(Cc1ccccc1)[C@@H](C(F)F)[C@@H]1C=CCO1. The van der Waals surface area contributed by atoms with Crippen molar-refractivity contribution in [3.05, 3.63) is 48.0 Å². The van der Waals surface area contributed by atoms with Crippen molar-refractivity contribution in [2.24, 2.45) is 11.7 Å². The number of benzene rings is 1. The highest BCUT2D eigenvalue weighted by Crippen LogP contribution is 2.28. The van der Waals surface area contributed by atoms with Crippen LogP contribution < -0.4 is 5.73 Å². The van der Waals surface area contributed by atoms with Crippen LogP contribution in [0.15, 0.2) is 42.5 Å². The average molecular weight is 297 g/mol. The van der Waals surface area contributed by atoms with Gasteiger partial charge in [0, 0.05) is 6.42 Å². The first kappa shape index (κ1) is 15.4. The maximum absolute atomic E-state index is 13.4. The first-order valence-electron chi connectivity index (χ1n) is 6.64. The standard InChI is InChI=1S/C15H17F2NO3/c16-14(17)13(11-7-4-8-20-11)12(21-15(18)19)9-10-5-2-1-3-6-10/h1-7,11-14H,8-9H2,(H2,18,19)/t11-,12?,13-/m0/s1. The van der Waals surface area contributed by atoms with Crippen LogP contribution >= 0.6 is 0 Å². The number of hydrogen-bond donors (Lipinski definition) is 1. The number of ether oxygens (including phenoxy) is 2. The number of hydrogen-bond acceptors (Lipinski definition) is 3. The van der Waals surface area contributed by atoms with Crippen LogP contribution in [0.25, 0.3) is 0 Å². The molecule has 0 aliphatic carbocycles. The van der Waals surface area contributed by atoms with Crippen molar-refractivity contribution >= 4 is 6.09 Å². The lowest BCUT2D eigenvalue weighted by atomic mass is 9.91. The fourth-order valence-corrected chi connectivity index (χ4v) is 2.42. The Labute approximate surface area is 121 Å². The van der Waals surface area contributed by atoms with E-state index < -0.39 is 30.6 Å². The summed E-state index contributed by atoms with van der Waals surface area (Å²) >= 11 is 0. The van der Waals surface area contributed by atoms with Crippen molar-refractivity contribution < 1.29 is 23.0 Å². The third kappa shape index (κ3) is 4.26. The largest absolute Gasteiger partial charge is 0.445 e. The van der Waals surface area contributed by atoms with Gasteiger partial charge in [-0.1, -0.05) is 42.5 Å². The summed E-state index contributed by atoms with van der Waals surface area (Å²) in [5.74, 6) is -1.25. The molecule has 0 spiro atoms. The molecule has 21 heavy (non-hydrogen) atoms. The first-order chi connectivity index (χ1) is 10.1. The van der Waals surface area contributed by atoms with E-state index in [9.17, 15) is 13.6 Å². The van der Waals surface area contributed by atoms with E-state index in [2.05, 4.69) is 0 Å². The van der Waals surface area contributed by atoms with Crippen LogP contribution in [0.1, 0.15) is 5.56 Å². The molecule has 4 nitrogen and oxygen atoms in total. The van der Waals surface area contributed by atoms with Crippen LogP contribution in [0.2, 0.25) is 0 Å². The maximum atomic E-state index is 13.4. The Bertz CT molecular complexity index is 493. The summed E-state index contributed by atoms with van der Waals surface area (Å²) in [6.07, 6.45) is -2.18. The van der Waals surface area contributed by atoms with Gasteiger partial charge in [-0.2, -0.15) is 0 Å². The molecule has 0 saturated carbocycles. The molecule has 0 fully saturated rings. The topological polar surface area (TPSA) is 61.6 Å². The predicted octanol–water partition coefficient (Wildman–Crippen LogP) is 2.53. The molecule has 1 aliphatic rings. The number of primary amides is 1. The molecule has 0 radical (unpaired) electrons. The Morgan fingerprint density at radius 3 is 2.62 bits per heavy atom. The zero-order chi connectivity index (χ0) is 15.2. The number of alkyl halides is 2. The first-order valence-corrected chi connectivity index (χ1v) is 6.64. The van der Waals surface area contributed by atoms with Gasteiger partial charge in [0.05, 0.1) is 18.6 Å². The molecule has 1 amide bonds. The smallest absolute Gasteiger partial charge is 0.404 e. The molecule has 0 aromatic heterocycles. The number of amides is 1. The van der Waals surface area contributed by atoms with E-state index in [1.807, 2.05) is 6.07 Å². The van der Waals surface area contributed by atoms with Gasteiger partial charge in [0.1, 0.15) is 6.10 Å². The average Bonchev–Trinajstić information content (AvgIpc) is 2.92. The van der Waals surface area contributed by atoms with Gasteiger partial charge in [-0.25, -0.2) is 13.6 Å². The fraction of sp³-hybridized carbons (Fsp3) is 0.400. The third-order valence-corrected chi connectivity index (χ3v) is 3.36. The van der Waals surface area contributed by atoms with Gasteiger partial charge >= 0.3 is 6.09 Å². The lowest BCUT2D eigenvalue weighted by Crippen LogP contribution is -2.41. The molecule has 114 valence electrons. The Morgan fingerprint density at radius 1 is 1.38 bits per heavy atom. The maximum Gasteiger partial charge on any atom is 0.404 e. The minimum absolute atomic E-state index is 0.159. The van der Waals surface area contributed by atoms with E-state index in [1.54, 1.807) is 36.4 Å². The van der Waals surface area contributed by atoms with Gasteiger partial charge < -0.3 is 15.2 Å².